The van der Waals surface area contributed by atoms with E-state index in [9.17, 15) is 9.18 Å². The Balaban J connectivity index is 2.47. The first-order chi connectivity index (χ1) is 9.21. The fourth-order valence-corrected chi connectivity index (χ4v) is 1.83. The molecule has 0 fully saturated rings. The summed E-state index contributed by atoms with van der Waals surface area (Å²) in [5.74, 6) is -0.0646. The summed E-state index contributed by atoms with van der Waals surface area (Å²) >= 11 is 0. The van der Waals surface area contributed by atoms with Gasteiger partial charge in [0.15, 0.2) is 18.3 Å². The molecule has 0 spiro atoms. The van der Waals surface area contributed by atoms with Gasteiger partial charge in [0.05, 0.1) is 5.56 Å². The highest BCUT2D eigenvalue weighted by molar-refractivity contribution is 5.73. The number of halogens is 1. The van der Waals surface area contributed by atoms with Gasteiger partial charge in [0.1, 0.15) is 11.6 Å². The molecule has 1 heterocycles. The summed E-state index contributed by atoms with van der Waals surface area (Å²) in [6.07, 6.45) is -0.223. The topological polar surface area (TPSA) is 48.7 Å². The summed E-state index contributed by atoms with van der Waals surface area (Å²) in [6, 6.07) is 7.83. The van der Waals surface area contributed by atoms with E-state index in [0.717, 1.165) is 0 Å². The maximum absolute atomic E-state index is 14.4. The molecule has 0 saturated carbocycles. The van der Waals surface area contributed by atoms with Gasteiger partial charge in [-0.05, 0) is 18.2 Å². The first-order valence-corrected chi connectivity index (χ1v) is 5.60. The molecule has 1 aromatic carbocycles. The van der Waals surface area contributed by atoms with Crippen LogP contribution >= 0.6 is 0 Å². The van der Waals surface area contributed by atoms with Gasteiger partial charge >= 0.3 is 0 Å². The molecule has 1 aromatic heterocycles. The lowest BCUT2D eigenvalue weighted by molar-refractivity contribution is -0.107. The number of rotatable bonds is 5. The molecule has 0 aliphatic carbocycles. The Hall–Kier alpha value is -1.98. The number of hydrogen-bond donors (Lipinski definition) is 0. The summed E-state index contributed by atoms with van der Waals surface area (Å²) in [5, 5.41) is 0. The Morgan fingerprint density at radius 2 is 1.95 bits per heavy atom. The zero-order valence-corrected chi connectivity index (χ0v) is 10.6. The molecule has 100 valence electrons. The van der Waals surface area contributed by atoms with Gasteiger partial charge < -0.3 is 13.9 Å². The van der Waals surface area contributed by atoms with E-state index in [4.69, 9.17) is 13.9 Å². The lowest BCUT2D eigenvalue weighted by atomic mass is 10.1. The Kier molecular flexibility index (Phi) is 4.09. The zero-order valence-electron chi connectivity index (χ0n) is 10.6. The minimum Gasteiger partial charge on any atom is -0.453 e. The number of furan rings is 1. The predicted octanol–water partition coefficient (Wildman–Crippen LogP) is 3.19. The zero-order chi connectivity index (χ0) is 13.8. The minimum absolute atomic E-state index is 0.148. The van der Waals surface area contributed by atoms with Crippen LogP contribution < -0.4 is 0 Å². The SMILES string of the molecule is COC(OC)c1cccc(-c2ccc(C=O)o2)c1F. The van der Waals surface area contributed by atoms with E-state index in [1.165, 1.54) is 20.3 Å². The molecular formula is C14H13FO4. The van der Waals surface area contributed by atoms with Crippen LogP contribution in [0, 0.1) is 5.82 Å². The molecule has 0 aliphatic rings. The van der Waals surface area contributed by atoms with Crippen LogP contribution in [-0.4, -0.2) is 20.5 Å². The van der Waals surface area contributed by atoms with E-state index in [2.05, 4.69) is 0 Å². The molecule has 0 aliphatic heterocycles. The van der Waals surface area contributed by atoms with Crippen molar-refractivity contribution in [2.75, 3.05) is 14.2 Å². The Labute approximate surface area is 109 Å². The highest BCUT2D eigenvalue weighted by Crippen LogP contribution is 2.30. The number of methoxy groups -OCH3 is 2. The van der Waals surface area contributed by atoms with E-state index in [1.807, 2.05) is 0 Å². The van der Waals surface area contributed by atoms with Crippen molar-refractivity contribution in [2.24, 2.45) is 0 Å². The summed E-state index contributed by atoms with van der Waals surface area (Å²) in [4.78, 5) is 10.6. The largest absolute Gasteiger partial charge is 0.453 e. The van der Waals surface area contributed by atoms with Gasteiger partial charge in [-0.2, -0.15) is 0 Å². The lowest BCUT2D eigenvalue weighted by Gasteiger charge is -2.15. The third-order valence-corrected chi connectivity index (χ3v) is 2.72. The number of carbonyl (C=O) groups excluding carboxylic acids is 1. The van der Waals surface area contributed by atoms with Crippen molar-refractivity contribution in [3.05, 3.63) is 47.5 Å². The van der Waals surface area contributed by atoms with Crippen LogP contribution in [-0.2, 0) is 9.47 Å². The summed E-state index contributed by atoms with van der Waals surface area (Å²) < 4.78 is 29.7. The minimum atomic E-state index is -0.791. The second kappa shape index (κ2) is 5.77. The molecule has 0 atom stereocenters. The fraction of sp³-hybridized carbons (Fsp3) is 0.214. The maximum Gasteiger partial charge on any atom is 0.185 e. The van der Waals surface area contributed by atoms with Crippen LogP contribution in [0.2, 0.25) is 0 Å². The van der Waals surface area contributed by atoms with Crippen LogP contribution in [0.15, 0.2) is 34.7 Å². The quantitative estimate of drug-likeness (QED) is 0.614. The van der Waals surface area contributed by atoms with E-state index in [1.54, 1.807) is 24.3 Å². The number of ether oxygens (including phenoxy) is 2. The van der Waals surface area contributed by atoms with Gasteiger partial charge in [-0.3, -0.25) is 4.79 Å². The summed E-state index contributed by atoms with van der Waals surface area (Å²) in [5.41, 5.74) is 0.524. The molecule has 2 aromatic rings. The Bertz CT molecular complexity index is 573. The second-order valence-corrected chi connectivity index (χ2v) is 3.83. The summed E-state index contributed by atoms with van der Waals surface area (Å²) in [7, 11) is 2.86. The average Bonchev–Trinajstić information content (AvgIpc) is 2.90. The predicted molar refractivity (Wildman–Crippen MR) is 66.2 cm³/mol. The Morgan fingerprint density at radius 1 is 1.21 bits per heavy atom. The normalized spacial score (nSPS) is 10.9. The molecule has 0 saturated heterocycles. The third-order valence-electron chi connectivity index (χ3n) is 2.72. The molecule has 0 radical (unpaired) electrons. The molecule has 0 N–H and O–H groups in total. The molecule has 2 rings (SSSR count). The van der Waals surface area contributed by atoms with Gasteiger partial charge in [-0.1, -0.05) is 12.1 Å². The maximum atomic E-state index is 14.4. The van der Waals surface area contributed by atoms with Gasteiger partial charge in [0.25, 0.3) is 0 Å². The van der Waals surface area contributed by atoms with Crippen LogP contribution in [0.4, 0.5) is 4.39 Å². The third kappa shape index (κ3) is 2.57. The molecule has 19 heavy (non-hydrogen) atoms. The van der Waals surface area contributed by atoms with Gasteiger partial charge in [-0.25, -0.2) is 4.39 Å². The van der Waals surface area contributed by atoms with Crippen LogP contribution in [0.3, 0.4) is 0 Å². The first-order valence-electron chi connectivity index (χ1n) is 5.60. The number of carbonyl (C=O) groups is 1. The molecule has 4 nitrogen and oxygen atoms in total. The second-order valence-electron chi connectivity index (χ2n) is 3.83. The fourth-order valence-electron chi connectivity index (χ4n) is 1.83. The number of benzene rings is 1. The number of hydrogen-bond acceptors (Lipinski definition) is 4. The molecular weight excluding hydrogens is 251 g/mol. The highest BCUT2D eigenvalue weighted by Gasteiger charge is 2.19. The van der Waals surface area contributed by atoms with E-state index >= 15 is 0 Å². The van der Waals surface area contributed by atoms with Crippen molar-refractivity contribution in [1.29, 1.82) is 0 Å². The van der Waals surface area contributed by atoms with Crippen LogP contribution in [0.25, 0.3) is 11.3 Å². The average molecular weight is 264 g/mol. The van der Waals surface area contributed by atoms with E-state index in [0.29, 0.717) is 6.29 Å². The van der Waals surface area contributed by atoms with Crippen LogP contribution in [0.1, 0.15) is 22.4 Å². The molecule has 0 bridgehead atoms. The van der Waals surface area contributed by atoms with Crippen molar-refractivity contribution in [2.45, 2.75) is 6.29 Å². The van der Waals surface area contributed by atoms with Crippen molar-refractivity contribution in [1.82, 2.24) is 0 Å². The van der Waals surface area contributed by atoms with Crippen molar-refractivity contribution in [3.8, 4) is 11.3 Å². The van der Waals surface area contributed by atoms with Crippen molar-refractivity contribution < 1.29 is 23.1 Å². The van der Waals surface area contributed by atoms with E-state index < -0.39 is 12.1 Å². The Morgan fingerprint density at radius 3 is 2.53 bits per heavy atom. The smallest absolute Gasteiger partial charge is 0.185 e. The van der Waals surface area contributed by atoms with Crippen molar-refractivity contribution in [3.63, 3.8) is 0 Å². The van der Waals surface area contributed by atoms with Gasteiger partial charge in [0, 0.05) is 19.8 Å². The molecule has 5 heteroatoms. The standard InChI is InChI=1S/C14H13FO4/c1-17-14(18-2)11-5-3-4-10(13(11)15)12-7-6-9(8-16)19-12/h3-8,14H,1-2H3. The van der Waals surface area contributed by atoms with Crippen LogP contribution in [0.5, 0.6) is 0 Å². The number of aldehydes is 1. The van der Waals surface area contributed by atoms with Gasteiger partial charge in [0.2, 0.25) is 0 Å². The molecule has 0 amide bonds. The monoisotopic (exact) mass is 264 g/mol. The van der Waals surface area contributed by atoms with Crippen molar-refractivity contribution >= 4 is 6.29 Å². The van der Waals surface area contributed by atoms with E-state index in [-0.39, 0.29) is 22.6 Å². The lowest BCUT2D eigenvalue weighted by Crippen LogP contribution is -2.06. The summed E-state index contributed by atoms with van der Waals surface area (Å²) in [6.45, 7) is 0. The molecule has 0 unspecified atom stereocenters. The first kappa shape index (κ1) is 13.5. The highest BCUT2D eigenvalue weighted by atomic mass is 19.1. The van der Waals surface area contributed by atoms with Gasteiger partial charge in [-0.15, -0.1) is 0 Å².